The first-order valence-corrected chi connectivity index (χ1v) is 28.3. The van der Waals surface area contributed by atoms with Crippen LogP contribution in [0, 0.1) is 0 Å². The van der Waals surface area contributed by atoms with Crippen molar-refractivity contribution < 1.29 is 23.6 Å². The van der Waals surface area contributed by atoms with Crippen LogP contribution in [0.2, 0.25) is 4.44 Å². The van der Waals surface area contributed by atoms with Gasteiger partial charge in [-0.2, -0.15) is 0 Å². The fourth-order valence-electron chi connectivity index (χ4n) is 5.17. The summed E-state index contributed by atoms with van der Waals surface area (Å²) in [5.41, 5.74) is 0. The predicted molar refractivity (Wildman–Crippen MR) is 210 cm³/mol. The Morgan fingerprint density at radius 1 is 0.383 bits per heavy atom. The van der Waals surface area contributed by atoms with Crippen LogP contribution >= 0.6 is 35.3 Å². The van der Waals surface area contributed by atoms with E-state index in [0.29, 0.717) is 10.9 Å². The van der Waals surface area contributed by atoms with Crippen molar-refractivity contribution in [2.75, 3.05) is 34.5 Å². The van der Waals surface area contributed by atoms with E-state index in [9.17, 15) is 14.4 Å². The second kappa shape index (κ2) is 36.1. The number of hydrogen-bond donors (Lipinski definition) is 0. The molecule has 0 rings (SSSR count). The van der Waals surface area contributed by atoms with E-state index < -0.39 is 37.5 Å². The van der Waals surface area contributed by atoms with Gasteiger partial charge in [-0.1, -0.05) is 20.8 Å². The van der Waals surface area contributed by atoms with Gasteiger partial charge in [0.05, 0.1) is 0 Å². The molecule has 0 fully saturated rings. The van der Waals surface area contributed by atoms with Crippen molar-refractivity contribution in [1.29, 1.82) is 0 Å². The number of hydrogen-bond acceptors (Lipinski definition) is 9. The van der Waals surface area contributed by atoms with Gasteiger partial charge in [-0.05, 0) is 0 Å². The molecule has 0 radical (unpaired) electrons. The Hall–Kier alpha value is 0.259. The molecule has 0 aromatic rings. The first kappa shape index (κ1) is 47.3. The summed E-state index contributed by atoms with van der Waals surface area (Å²) in [6, 6.07) is 0. The molecular formula is C37H72O6S3Sn. The van der Waals surface area contributed by atoms with E-state index in [4.69, 9.17) is 9.22 Å². The zero-order valence-corrected chi connectivity index (χ0v) is 36.2. The van der Waals surface area contributed by atoms with Crippen molar-refractivity contribution in [2.24, 2.45) is 0 Å². The number of carbonyl (C=O) groups is 3. The Morgan fingerprint density at radius 3 is 0.915 bits per heavy atom. The molecule has 47 heavy (non-hydrogen) atoms. The van der Waals surface area contributed by atoms with Crippen LogP contribution in [-0.4, -0.2) is 72.0 Å². The van der Waals surface area contributed by atoms with Crippen molar-refractivity contribution in [3.63, 3.8) is 0 Å². The van der Waals surface area contributed by atoms with Gasteiger partial charge in [0.2, 0.25) is 0 Å². The predicted octanol–water partition coefficient (Wildman–Crippen LogP) is 11.8. The molecule has 0 atom stereocenters. The van der Waals surface area contributed by atoms with E-state index in [1.54, 1.807) is 35.3 Å². The van der Waals surface area contributed by atoms with Crippen LogP contribution in [0.15, 0.2) is 0 Å². The molecule has 0 spiro atoms. The summed E-state index contributed by atoms with van der Waals surface area (Å²) in [5.74, 6) is 1.99. The molecule has 0 bridgehead atoms. The Labute approximate surface area is 308 Å². The fourth-order valence-corrected chi connectivity index (χ4v) is 15.5. The summed E-state index contributed by atoms with van der Waals surface area (Å²) in [5, 5.41) is 0. The molecule has 0 N–H and O–H groups in total. The van der Waals surface area contributed by atoms with Gasteiger partial charge < -0.3 is 0 Å². The van der Waals surface area contributed by atoms with Gasteiger partial charge in [0.1, 0.15) is 0 Å². The summed E-state index contributed by atoms with van der Waals surface area (Å²) in [7, 11) is 0. The summed E-state index contributed by atoms with van der Waals surface area (Å²) in [6.45, 7) is 8.73. The Bertz CT molecular complexity index is 655. The van der Waals surface area contributed by atoms with Crippen LogP contribution in [0.4, 0.5) is 0 Å². The van der Waals surface area contributed by atoms with Gasteiger partial charge in [0.15, 0.2) is 0 Å². The number of rotatable bonds is 36. The van der Waals surface area contributed by atoms with Crippen LogP contribution in [0.3, 0.4) is 0 Å². The maximum atomic E-state index is 13.1. The smallest absolute Gasteiger partial charge is 0.0654 e. The van der Waals surface area contributed by atoms with Gasteiger partial charge in [-0.3, -0.25) is 0 Å². The van der Waals surface area contributed by atoms with Gasteiger partial charge in [0.25, 0.3) is 0 Å². The van der Waals surface area contributed by atoms with Gasteiger partial charge in [-0.15, -0.1) is 0 Å². The molecule has 6 nitrogen and oxygen atoms in total. The molecule has 10 heteroatoms. The van der Waals surface area contributed by atoms with Crippen molar-refractivity contribution >= 4 is 72.8 Å². The quantitative estimate of drug-likeness (QED) is 0.0453. The Kier molecular flexibility index (Phi) is 36.3. The average molecular weight is 828 g/mol. The first-order chi connectivity index (χ1) is 22.9. The van der Waals surface area contributed by atoms with Gasteiger partial charge in [0, 0.05) is 0 Å². The zero-order valence-electron chi connectivity index (χ0n) is 30.9. The standard InChI is InChI=1S/3C11H22O2S.C4H9.Sn/c3*1-2-3-4-5-6-7-8-9-14-10-11(12)13;1-3-4-2;/h3*2-10H2,1H3,(H,12,13);1,3-4H2,2H3;/q;;;;+3/p-3. The van der Waals surface area contributed by atoms with E-state index in [-0.39, 0.29) is 17.3 Å². The molecule has 0 saturated heterocycles. The Morgan fingerprint density at radius 2 is 0.638 bits per heavy atom. The molecule has 0 aliphatic heterocycles. The molecule has 0 aromatic heterocycles. The summed E-state index contributed by atoms with van der Waals surface area (Å²) in [4.78, 5) is 39.2. The number of carbonyl (C=O) groups excluding carboxylic acids is 3. The minimum Gasteiger partial charge on any atom is -0.0654 e. The third-order valence-corrected chi connectivity index (χ3v) is 18.4. The SMILES string of the molecule is CCCCCCCCCSCC(=O)[O][Sn]([CH2]CCC)([O]C(=O)CSCCCCCCCCC)[O]C(=O)CSCCCCCCCCC. The van der Waals surface area contributed by atoms with Gasteiger partial charge >= 0.3 is 290 Å². The van der Waals surface area contributed by atoms with Gasteiger partial charge in [-0.25, -0.2) is 0 Å². The summed E-state index contributed by atoms with van der Waals surface area (Å²) in [6.07, 6.45) is 27.4. The topological polar surface area (TPSA) is 78.9 Å². The number of thioether (sulfide) groups is 3. The van der Waals surface area contributed by atoms with E-state index in [0.717, 1.165) is 42.9 Å². The molecule has 0 unspecified atom stereocenters. The van der Waals surface area contributed by atoms with E-state index in [1.165, 1.54) is 116 Å². The summed E-state index contributed by atoms with van der Waals surface area (Å²) >= 11 is -0.168. The van der Waals surface area contributed by atoms with E-state index in [1.807, 2.05) is 6.92 Å². The average Bonchev–Trinajstić information content (AvgIpc) is 3.05. The second-order valence-electron chi connectivity index (χ2n) is 12.7. The first-order valence-electron chi connectivity index (χ1n) is 19.3. The molecule has 278 valence electrons. The normalized spacial score (nSPS) is 11.5. The molecule has 0 saturated carbocycles. The van der Waals surface area contributed by atoms with Crippen LogP contribution < -0.4 is 0 Å². The molecule has 0 amide bonds. The molecule has 0 aliphatic rings. The van der Waals surface area contributed by atoms with Crippen molar-refractivity contribution in [1.82, 2.24) is 0 Å². The van der Waals surface area contributed by atoms with Crippen molar-refractivity contribution in [3.8, 4) is 0 Å². The number of unbranched alkanes of at least 4 members (excludes halogenated alkanes) is 19. The molecular weight excluding hydrogens is 755 g/mol. The monoisotopic (exact) mass is 828 g/mol. The molecule has 0 heterocycles. The van der Waals surface area contributed by atoms with Crippen LogP contribution in [0.25, 0.3) is 0 Å². The summed E-state index contributed by atoms with van der Waals surface area (Å²) < 4.78 is 18.3. The third-order valence-electron chi connectivity index (χ3n) is 7.98. The van der Waals surface area contributed by atoms with Crippen molar-refractivity contribution in [2.45, 2.75) is 180 Å². The third kappa shape index (κ3) is 31.9. The van der Waals surface area contributed by atoms with Crippen LogP contribution in [-0.2, 0) is 23.6 Å². The maximum absolute atomic E-state index is 13.1. The zero-order chi connectivity index (χ0) is 34.7. The van der Waals surface area contributed by atoms with E-state index >= 15 is 0 Å². The molecule has 0 aromatic carbocycles. The fraction of sp³-hybridized carbons (Fsp3) is 0.919. The minimum absolute atomic E-state index is 0.190. The van der Waals surface area contributed by atoms with Crippen molar-refractivity contribution in [3.05, 3.63) is 0 Å². The minimum atomic E-state index is -4.84. The molecule has 0 aliphatic carbocycles. The van der Waals surface area contributed by atoms with Crippen LogP contribution in [0.5, 0.6) is 0 Å². The van der Waals surface area contributed by atoms with E-state index in [2.05, 4.69) is 20.8 Å². The Balaban J connectivity index is 4.97. The second-order valence-corrected chi connectivity index (χ2v) is 23.1. The van der Waals surface area contributed by atoms with Crippen LogP contribution in [0.1, 0.15) is 175 Å².